The van der Waals surface area contributed by atoms with Gasteiger partial charge in [-0.1, -0.05) is 6.92 Å². The predicted molar refractivity (Wildman–Crippen MR) is 91.2 cm³/mol. The van der Waals surface area contributed by atoms with Gasteiger partial charge >= 0.3 is 0 Å². The van der Waals surface area contributed by atoms with Crippen LogP contribution in [0.25, 0.3) is 0 Å². The van der Waals surface area contributed by atoms with Crippen molar-refractivity contribution >= 4 is 5.91 Å². The molecule has 0 aromatic carbocycles. The van der Waals surface area contributed by atoms with Gasteiger partial charge in [0.1, 0.15) is 6.54 Å². The minimum absolute atomic E-state index is 0.106. The molecule has 0 atom stereocenters. The van der Waals surface area contributed by atoms with E-state index in [0.29, 0.717) is 13.1 Å². The maximum absolute atomic E-state index is 12.2. The summed E-state index contributed by atoms with van der Waals surface area (Å²) in [5.41, 5.74) is 0.981. The van der Waals surface area contributed by atoms with Crippen molar-refractivity contribution in [2.45, 2.75) is 52.9 Å². The molecule has 1 aliphatic heterocycles. The third kappa shape index (κ3) is 4.85. The molecule has 0 unspecified atom stereocenters. The molecule has 0 radical (unpaired) electrons. The van der Waals surface area contributed by atoms with Gasteiger partial charge in [-0.25, -0.2) is 4.68 Å². The van der Waals surface area contributed by atoms with Crippen LogP contribution in [0.1, 0.15) is 38.1 Å². The van der Waals surface area contributed by atoms with Crippen molar-refractivity contribution in [2.24, 2.45) is 5.92 Å². The number of rotatable bonds is 7. The van der Waals surface area contributed by atoms with Gasteiger partial charge in [0.2, 0.25) is 5.91 Å². The van der Waals surface area contributed by atoms with Gasteiger partial charge in [0.15, 0.2) is 5.82 Å². The zero-order valence-corrected chi connectivity index (χ0v) is 14.9. The first kappa shape index (κ1) is 17.5. The van der Waals surface area contributed by atoms with Gasteiger partial charge in [0.05, 0.1) is 12.7 Å². The highest BCUT2D eigenvalue weighted by atomic mass is 16.2. The molecule has 1 N–H and O–H groups in total. The molecule has 2 aromatic heterocycles. The highest BCUT2D eigenvalue weighted by molar-refractivity contribution is 5.75. The van der Waals surface area contributed by atoms with Crippen LogP contribution in [-0.4, -0.2) is 53.9 Å². The van der Waals surface area contributed by atoms with Crippen LogP contribution in [0.4, 0.5) is 0 Å². The van der Waals surface area contributed by atoms with Crippen molar-refractivity contribution in [3.8, 4) is 0 Å². The summed E-state index contributed by atoms with van der Waals surface area (Å²) in [7, 11) is 0. The van der Waals surface area contributed by atoms with E-state index in [1.165, 1.54) is 12.8 Å². The lowest BCUT2D eigenvalue weighted by Crippen LogP contribution is -2.34. The molecule has 3 rings (SSSR count). The highest BCUT2D eigenvalue weighted by Crippen LogP contribution is 2.17. The molecule has 9 nitrogen and oxygen atoms in total. The molecule has 9 heteroatoms. The summed E-state index contributed by atoms with van der Waals surface area (Å²) >= 11 is 0. The monoisotopic (exact) mass is 346 g/mol. The number of carbonyl (C=O) groups is 1. The first-order chi connectivity index (χ1) is 12.1. The van der Waals surface area contributed by atoms with Crippen molar-refractivity contribution in [1.29, 1.82) is 0 Å². The number of nitrogens with zero attached hydrogens (tertiary/aromatic N) is 7. The topological polar surface area (TPSA) is 93.8 Å². The Balaban J connectivity index is 1.49. The normalized spacial score (nSPS) is 16.2. The number of amides is 1. The average molecular weight is 346 g/mol. The molecule has 0 aliphatic carbocycles. The average Bonchev–Trinajstić information content (AvgIpc) is 3.24. The summed E-state index contributed by atoms with van der Waals surface area (Å²) < 4.78 is 3.42. The van der Waals surface area contributed by atoms with Gasteiger partial charge in [-0.3, -0.25) is 14.4 Å². The quantitative estimate of drug-likeness (QED) is 0.782. The molecule has 0 spiro atoms. The fourth-order valence-electron chi connectivity index (χ4n) is 2.94. The Bertz CT molecular complexity index is 686. The third-order valence-electron chi connectivity index (χ3n) is 4.64. The van der Waals surface area contributed by atoms with Gasteiger partial charge in [-0.05, 0) is 49.2 Å². The molecule has 136 valence electrons. The molecule has 0 saturated carbocycles. The Hall–Kier alpha value is -2.29. The summed E-state index contributed by atoms with van der Waals surface area (Å²) in [6, 6.07) is 0. The lowest BCUT2D eigenvalue weighted by Gasteiger charge is -2.29. The zero-order valence-electron chi connectivity index (χ0n) is 14.9. The fraction of sp³-hybridized carbons (Fsp3) is 0.688. The SMILES string of the molecule is CCn1cc(CNC(=O)Cn2nnnc2CN2CCC(C)CC2)cn1. The summed E-state index contributed by atoms with van der Waals surface area (Å²) in [4.78, 5) is 14.5. The molecule has 2 aromatic rings. The fourth-order valence-corrected chi connectivity index (χ4v) is 2.94. The van der Waals surface area contributed by atoms with E-state index in [1.807, 2.05) is 17.8 Å². The second-order valence-corrected chi connectivity index (χ2v) is 6.69. The molecule has 0 bridgehead atoms. The molecular weight excluding hydrogens is 320 g/mol. The highest BCUT2D eigenvalue weighted by Gasteiger charge is 2.19. The number of carbonyl (C=O) groups excluding carboxylic acids is 1. The zero-order chi connectivity index (χ0) is 17.6. The Labute approximate surface area is 147 Å². The van der Waals surface area contributed by atoms with Crippen molar-refractivity contribution in [3.63, 3.8) is 0 Å². The summed E-state index contributed by atoms with van der Waals surface area (Å²) in [6.07, 6.45) is 6.10. The predicted octanol–water partition coefficient (Wildman–Crippen LogP) is 0.438. The van der Waals surface area contributed by atoms with E-state index in [9.17, 15) is 4.79 Å². The van der Waals surface area contributed by atoms with Crippen LogP contribution in [0.2, 0.25) is 0 Å². The number of aryl methyl sites for hydroxylation is 1. The number of hydrogen-bond acceptors (Lipinski definition) is 6. The van der Waals surface area contributed by atoms with Crippen LogP contribution in [0.15, 0.2) is 12.4 Å². The number of likely N-dealkylation sites (tertiary alicyclic amines) is 1. The third-order valence-corrected chi connectivity index (χ3v) is 4.64. The number of nitrogens with one attached hydrogen (secondary N) is 1. The molecule has 1 aliphatic rings. The maximum Gasteiger partial charge on any atom is 0.242 e. The molecule has 25 heavy (non-hydrogen) atoms. The molecule has 3 heterocycles. The van der Waals surface area contributed by atoms with E-state index in [-0.39, 0.29) is 12.5 Å². The molecule has 1 saturated heterocycles. The van der Waals surface area contributed by atoms with E-state index in [1.54, 1.807) is 10.9 Å². The Kier molecular flexibility index (Phi) is 5.75. The summed E-state index contributed by atoms with van der Waals surface area (Å²) in [5, 5.41) is 18.9. The van der Waals surface area contributed by atoms with Gasteiger partial charge < -0.3 is 5.32 Å². The first-order valence-corrected chi connectivity index (χ1v) is 8.89. The van der Waals surface area contributed by atoms with Crippen LogP contribution in [0, 0.1) is 5.92 Å². The Morgan fingerprint density at radius 2 is 2.16 bits per heavy atom. The van der Waals surface area contributed by atoms with Crippen LogP contribution in [0.3, 0.4) is 0 Å². The summed E-state index contributed by atoms with van der Waals surface area (Å²) in [5.74, 6) is 1.42. The first-order valence-electron chi connectivity index (χ1n) is 8.89. The second kappa shape index (κ2) is 8.19. The van der Waals surface area contributed by atoms with Crippen molar-refractivity contribution < 1.29 is 4.79 Å². The number of tetrazole rings is 1. The van der Waals surface area contributed by atoms with Crippen LogP contribution >= 0.6 is 0 Å². The standard InChI is InChI=1S/C16H26N8O/c1-3-23-10-14(9-18-23)8-17-16(25)12-24-15(19-20-21-24)11-22-6-4-13(2)5-7-22/h9-10,13H,3-8,11-12H2,1-2H3,(H,17,25). The molecule has 1 fully saturated rings. The van der Waals surface area contributed by atoms with E-state index in [0.717, 1.165) is 36.9 Å². The number of aromatic nitrogens is 6. The second-order valence-electron chi connectivity index (χ2n) is 6.69. The Morgan fingerprint density at radius 3 is 2.88 bits per heavy atom. The largest absolute Gasteiger partial charge is 0.350 e. The van der Waals surface area contributed by atoms with Gasteiger partial charge in [-0.15, -0.1) is 5.10 Å². The van der Waals surface area contributed by atoms with Crippen molar-refractivity contribution in [1.82, 2.24) is 40.2 Å². The minimum Gasteiger partial charge on any atom is -0.350 e. The van der Waals surface area contributed by atoms with E-state index in [4.69, 9.17) is 0 Å². The molecular formula is C16H26N8O. The van der Waals surface area contributed by atoms with Gasteiger partial charge in [-0.2, -0.15) is 5.10 Å². The van der Waals surface area contributed by atoms with E-state index >= 15 is 0 Å². The summed E-state index contributed by atoms with van der Waals surface area (Å²) in [6.45, 7) is 8.53. The minimum atomic E-state index is -0.106. The van der Waals surface area contributed by atoms with Gasteiger partial charge in [0.25, 0.3) is 0 Å². The lowest BCUT2D eigenvalue weighted by atomic mass is 9.99. The Morgan fingerprint density at radius 1 is 1.36 bits per heavy atom. The van der Waals surface area contributed by atoms with E-state index < -0.39 is 0 Å². The lowest BCUT2D eigenvalue weighted by molar-refractivity contribution is -0.122. The maximum atomic E-state index is 12.2. The van der Waals surface area contributed by atoms with Crippen LogP contribution in [-0.2, 0) is 31.0 Å². The van der Waals surface area contributed by atoms with Crippen LogP contribution < -0.4 is 5.32 Å². The van der Waals surface area contributed by atoms with Crippen molar-refractivity contribution in [2.75, 3.05) is 13.1 Å². The van der Waals surface area contributed by atoms with Crippen molar-refractivity contribution in [3.05, 3.63) is 23.8 Å². The van der Waals surface area contributed by atoms with Gasteiger partial charge in [0, 0.05) is 24.8 Å². The number of hydrogen-bond donors (Lipinski definition) is 1. The number of piperidine rings is 1. The van der Waals surface area contributed by atoms with Crippen LogP contribution in [0.5, 0.6) is 0 Å². The molecule has 1 amide bonds. The van der Waals surface area contributed by atoms with E-state index in [2.05, 4.69) is 37.8 Å². The smallest absolute Gasteiger partial charge is 0.242 e.